The number of para-hydroxylation sites is 1. The van der Waals surface area contributed by atoms with E-state index in [1.54, 1.807) is 39.3 Å². The first-order chi connectivity index (χ1) is 19.7. The van der Waals surface area contributed by atoms with E-state index in [1.807, 2.05) is 56.3 Å². The molecule has 1 amide bonds. The Bertz CT molecular complexity index is 1510. The number of rotatable bonds is 10. The molecular formula is C30H33N5O5S. The van der Waals surface area contributed by atoms with Crippen molar-refractivity contribution in [1.29, 1.82) is 0 Å². The van der Waals surface area contributed by atoms with Crippen LogP contribution in [-0.4, -0.2) is 48.1 Å². The number of hydrazone groups is 1. The van der Waals surface area contributed by atoms with Crippen molar-refractivity contribution in [3.8, 4) is 17.2 Å². The summed E-state index contributed by atoms with van der Waals surface area (Å²) in [6, 6.07) is 16.3. The highest BCUT2D eigenvalue weighted by Gasteiger charge is 2.32. The van der Waals surface area contributed by atoms with Crippen LogP contribution in [0.5, 0.6) is 11.5 Å². The Morgan fingerprint density at radius 2 is 1.85 bits per heavy atom. The summed E-state index contributed by atoms with van der Waals surface area (Å²) in [6.45, 7) is 7.45. The molecule has 1 aromatic heterocycles. The maximum atomic E-state index is 12.7. The van der Waals surface area contributed by atoms with Gasteiger partial charge in [-0.15, -0.1) is 0 Å². The van der Waals surface area contributed by atoms with Gasteiger partial charge < -0.3 is 29.4 Å². The lowest BCUT2D eigenvalue weighted by molar-refractivity contribution is -0.139. The predicted octanol–water partition coefficient (Wildman–Crippen LogP) is 3.99. The number of amides is 1. The van der Waals surface area contributed by atoms with Gasteiger partial charge in [0, 0.05) is 33.9 Å². The van der Waals surface area contributed by atoms with Crippen LogP contribution in [-0.2, 0) is 14.3 Å². The standard InChI is InChI=1S/C30H33N5O5S/c1-6-39-29(37)27-19(3)32-30(41)33-28(27)24-9-7-8-10-25(24)40-17-26(36)34-31-16-21-15-18(2)35(20(21)4)22-11-13-23(38-5)14-12-22/h7-16,28H,6,17H2,1-5H3,(H,34,36)(H2,32,33,41)/t28-/m1/s1. The van der Waals surface area contributed by atoms with Gasteiger partial charge in [0.15, 0.2) is 11.7 Å². The number of nitrogens with one attached hydrogen (secondary N) is 3. The van der Waals surface area contributed by atoms with Gasteiger partial charge in [0.25, 0.3) is 5.91 Å². The van der Waals surface area contributed by atoms with E-state index in [0.29, 0.717) is 27.7 Å². The summed E-state index contributed by atoms with van der Waals surface area (Å²) in [5, 5.41) is 10.6. The highest BCUT2D eigenvalue weighted by molar-refractivity contribution is 7.80. The van der Waals surface area contributed by atoms with E-state index in [1.165, 1.54) is 0 Å². The van der Waals surface area contributed by atoms with Crippen molar-refractivity contribution in [2.75, 3.05) is 20.3 Å². The second-order valence-corrected chi connectivity index (χ2v) is 9.68. The fourth-order valence-corrected chi connectivity index (χ4v) is 4.92. The quantitative estimate of drug-likeness (QED) is 0.144. The molecule has 0 bridgehead atoms. The van der Waals surface area contributed by atoms with Crippen LogP contribution in [0.1, 0.15) is 42.4 Å². The summed E-state index contributed by atoms with van der Waals surface area (Å²) in [5.41, 5.74) is 8.00. The van der Waals surface area contributed by atoms with Crippen LogP contribution in [0, 0.1) is 13.8 Å². The molecule has 3 aromatic rings. The second-order valence-electron chi connectivity index (χ2n) is 9.27. The Hall–Kier alpha value is -4.64. The van der Waals surface area contributed by atoms with Crippen LogP contribution in [0.2, 0.25) is 0 Å². The molecular weight excluding hydrogens is 542 g/mol. The van der Waals surface area contributed by atoms with E-state index < -0.39 is 17.9 Å². The molecule has 2 aromatic carbocycles. The van der Waals surface area contributed by atoms with Crippen molar-refractivity contribution in [3.05, 3.63) is 88.4 Å². The van der Waals surface area contributed by atoms with Crippen LogP contribution in [0.3, 0.4) is 0 Å². The van der Waals surface area contributed by atoms with Gasteiger partial charge in [0.05, 0.1) is 31.5 Å². The number of carbonyl (C=O) groups excluding carboxylic acids is 2. The number of thiocarbonyl (C=S) groups is 1. The van der Waals surface area contributed by atoms with Crippen molar-refractivity contribution in [3.63, 3.8) is 0 Å². The lowest BCUT2D eigenvalue weighted by Crippen LogP contribution is -2.45. The third kappa shape index (κ3) is 6.75. The molecule has 3 N–H and O–H groups in total. The van der Waals surface area contributed by atoms with Gasteiger partial charge in [-0.1, -0.05) is 18.2 Å². The number of hydrogen-bond acceptors (Lipinski definition) is 7. The molecule has 1 atom stereocenters. The highest BCUT2D eigenvalue weighted by Crippen LogP contribution is 2.33. The Kier molecular flexibility index (Phi) is 9.41. The van der Waals surface area contributed by atoms with Crippen molar-refractivity contribution in [1.82, 2.24) is 20.6 Å². The number of benzene rings is 2. The van der Waals surface area contributed by atoms with Gasteiger partial charge in [-0.3, -0.25) is 4.79 Å². The van der Waals surface area contributed by atoms with Crippen LogP contribution in [0.4, 0.5) is 0 Å². The highest BCUT2D eigenvalue weighted by atomic mass is 32.1. The number of aromatic nitrogens is 1. The van der Waals surface area contributed by atoms with Gasteiger partial charge in [-0.2, -0.15) is 5.10 Å². The minimum Gasteiger partial charge on any atom is -0.497 e. The number of ether oxygens (including phenoxy) is 3. The lowest BCUT2D eigenvalue weighted by Gasteiger charge is -2.30. The van der Waals surface area contributed by atoms with Crippen molar-refractivity contribution < 1.29 is 23.8 Å². The summed E-state index contributed by atoms with van der Waals surface area (Å²) in [6.07, 6.45) is 1.60. The first-order valence-electron chi connectivity index (χ1n) is 13.1. The molecule has 4 rings (SSSR count). The van der Waals surface area contributed by atoms with Crippen LogP contribution in [0.15, 0.2) is 71.0 Å². The molecule has 0 spiro atoms. The zero-order valence-electron chi connectivity index (χ0n) is 23.6. The molecule has 214 valence electrons. The first kappa shape index (κ1) is 29.3. The summed E-state index contributed by atoms with van der Waals surface area (Å²) in [5.74, 6) is 0.301. The topological polar surface area (TPSA) is 115 Å². The minimum absolute atomic E-state index is 0.233. The number of carbonyl (C=O) groups is 2. The molecule has 0 saturated carbocycles. The zero-order valence-corrected chi connectivity index (χ0v) is 24.4. The van der Waals surface area contributed by atoms with E-state index in [4.69, 9.17) is 26.4 Å². The predicted molar refractivity (Wildman–Crippen MR) is 160 cm³/mol. The normalized spacial score (nSPS) is 14.9. The Morgan fingerprint density at radius 3 is 2.56 bits per heavy atom. The van der Waals surface area contributed by atoms with Crippen LogP contribution < -0.4 is 25.5 Å². The van der Waals surface area contributed by atoms with Gasteiger partial charge >= 0.3 is 5.97 Å². The van der Waals surface area contributed by atoms with Gasteiger partial charge in [0.1, 0.15) is 11.5 Å². The van der Waals surface area contributed by atoms with Crippen molar-refractivity contribution >= 4 is 35.4 Å². The monoisotopic (exact) mass is 575 g/mol. The number of nitrogens with zero attached hydrogens (tertiary/aromatic N) is 2. The van der Waals surface area contributed by atoms with E-state index in [2.05, 4.69) is 25.7 Å². The summed E-state index contributed by atoms with van der Waals surface area (Å²) in [7, 11) is 1.63. The van der Waals surface area contributed by atoms with E-state index in [-0.39, 0.29) is 13.2 Å². The first-order valence-corrected chi connectivity index (χ1v) is 13.5. The van der Waals surface area contributed by atoms with E-state index in [0.717, 1.165) is 28.4 Å². The van der Waals surface area contributed by atoms with Crippen LogP contribution >= 0.6 is 12.2 Å². The molecule has 0 saturated heterocycles. The Balaban J connectivity index is 1.43. The number of methoxy groups -OCH3 is 1. The Morgan fingerprint density at radius 1 is 1.12 bits per heavy atom. The summed E-state index contributed by atoms with van der Waals surface area (Å²) < 4.78 is 18.5. The van der Waals surface area contributed by atoms with E-state index >= 15 is 0 Å². The van der Waals surface area contributed by atoms with E-state index in [9.17, 15) is 9.59 Å². The van der Waals surface area contributed by atoms with Crippen molar-refractivity contribution in [2.45, 2.75) is 33.7 Å². The number of hydrogen-bond donors (Lipinski definition) is 3. The SMILES string of the molecule is CCOC(=O)C1=C(C)NC(=S)N[C@@H]1c1ccccc1OCC(=O)NN=Cc1cc(C)n(-c2ccc(OC)cc2)c1C. The smallest absolute Gasteiger partial charge is 0.338 e. The van der Waals surface area contributed by atoms with Gasteiger partial charge in [-0.25, -0.2) is 10.2 Å². The molecule has 1 aliphatic rings. The molecule has 0 unspecified atom stereocenters. The molecule has 2 heterocycles. The lowest BCUT2D eigenvalue weighted by atomic mass is 9.95. The average Bonchev–Trinajstić information content (AvgIpc) is 3.24. The van der Waals surface area contributed by atoms with Crippen molar-refractivity contribution in [2.24, 2.45) is 5.10 Å². The van der Waals surface area contributed by atoms with Gasteiger partial charge in [0.2, 0.25) is 0 Å². The summed E-state index contributed by atoms with van der Waals surface area (Å²) in [4.78, 5) is 25.3. The number of allylic oxidation sites excluding steroid dienone is 1. The molecule has 0 fully saturated rings. The Labute approximate surface area is 244 Å². The average molecular weight is 576 g/mol. The van der Waals surface area contributed by atoms with Crippen LogP contribution in [0.25, 0.3) is 5.69 Å². The largest absolute Gasteiger partial charge is 0.497 e. The maximum Gasteiger partial charge on any atom is 0.338 e. The number of esters is 1. The second kappa shape index (κ2) is 13.1. The molecule has 10 nitrogen and oxygen atoms in total. The zero-order chi connectivity index (χ0) is 29.5. The fraction of sp³-hybridized carbons (Fsp3) is 0.267. The molecule has 11 heteroatoms. The number of aryl methyl sites for hydroxylation is 1. The fourth-order valence-electron chi connectivity index (χ4n) is 4.65. The summed E-state index contributed by atoms with van der Waals surface area (Å²) >= 11 is 5.32. The molecule has 41 heavy (non-hydrogen) atoms. The van der Waals surface area contributed by atoms with Gasteiger partial charge in [-0.05, 0) is 76.3 Å². The third-order valence-electron chi connectivity index (χ3n) is 6.55. The molecule has 1 aliphatic heterocycles. The maximum absolute atomic E-state index is 12.7. The molecule has 0 aliphatic carbocycles. The third-order valence-corrected chi connectivity index (χ3v) is 6.77. The minimum atomic E-state index is -0.610. The molecule has 0 radical (unpaired) electrons.